The number of benzene rings is 1. The third-order valence-corrected chi connectivity index (χ3v) is 3.12. The number of hydrogen-bond acceptors (Lipinski definition) is 5. The fourth-order valence-corrected chi connectivity index (χ4v) is 1.85. The van der Waals surface area contributed by atoms with E-state index in [1.54, 1.807) is 6.92 Å². The summed E-state index contributed by atoms with van der Waals surface area (Å²) in [6.45, 7) is 4.48. The van der Waals surface area contributed by atoms with Crippen LogP contribution in [0.15, 0.2) is 30.3 Å². The lowest BCUT2D eigenvalue weighted by Gasteiger charge is -2.29. The van der Waals surface area contributed by atoms with Gasteiger partial charge in [0.1, 0.15) is 6.79 Å². The highest BCUT2D eigenvalue weighted by Crippen LogP contribution is 2.20. The van der Waals surface area contributed by atoms with E-state index >= 15 is 0 Å². The maximum Gasteiger partial charge on any atom is 0.340 e. The summed E-state index contributed by atoms with van der Waals surface area (Å²) in [5, 5.41) is 0. The lowest BCUT2D eigenvalue weighted by Crippen LogP contribution is -2.47. The van der Waals surface area contributed by atoms with Crippen LogP contribution in [0.25, 0.3) is 0 Å². The van der Waals surface area contributed by atoms with Crippen LogP contribution in [0.5, 0.6) is 0 Å². The second-order valence-corrected chi connectivity index (χ2v) is 4.60. The van der Waals surface area contributed by atoms with Crippen molar-refractivity contribution in [3.63, 3.8) is 0 Å². The van der Waals surface area contributed by atoms with E-state index in [2.05, 4.69) is 0 Å². The van der Waals surface area contributed by atoms with Crippen LogP contribution >= 0.6 is 0 Å². The van der Waals surface area contributed by atoms with E-state index in [1.807, 2.05) is 37.3 Å². The van der Waals surface area contributed by atoms with Crippen molar-refractivity contribution < 1.29 is 23.7 Å². The molecular weight excluding hydrogens is 272 g/mol. The molecule has 1 aromatic carbocycles. The summed E-state index contributed by atoms with van der Waals surface area (Å²) in [5.41, 5.74) is -0.0843. The van der Waals surface area contributed by atoms with Gasteiger partial charge < -0.3 is 18.9 Å². The smallest absolute Gasteiger partial charge is 0.340 e. The van der Waals surface area contributed by atoms with Gasteiger partial charge in [0.25, 0.3) is 0 Å². The van der Waals surface area contributed by atoms with Crippen molar-refractivity contribution >= 4 is 5.97 Å². The van der Waals surface area contributed by atoms with E-state index in [4.69, 9.17) is 18.9 Å². The Morgan fingerprint density at radius 2 is 1.90 bits per heavy atom. The van der Waals surface area contributed by atoms with Crippen molar-refractivity contribution in [2.75, 3.05) is 27.1 Å². The minimum atomic E-state index is -1.12. The van der Waals surface area contributed by atoms with E-state index in [9.17, 15) is 4.79 Å². The molecule has 0 saturated carbocycles. The molecule has 0 unspecified atom stereocenters. The summed E-state index contributed by atoms with van der Waals surface area (Å²) in [6.07, 6.45) is 0.448. The van der Waals surface area contributed by atoms with Crippen molar-refractivity contribution in [3.05, 3.63) is 35.9 Å². The Bertz CT molecular complexity index is 406. The predicted molar refractivity (Wildman–Crippen MR) is 78.7 cm³/mol. The van der Waals surface area contributed by atoms with Crippen LogP contribution in [0, 0.1) is 0 Å². The molecule has 0 saturated heterocycles. The van der Waals surface area contributed by atoms with Crippen molar-refractivity contribution in [1.29, 1.82) is 0 Å². The Morgan fingerprint density at radius 3 is 2.48 bits per heavy atom. The summed E-state index contributed by atoms with van der Waals surface area (Å²) in [7, 11) is 1.51. The van der Waals surface area contributed by atoms with Gasteiger partial charge in [-0.25, -0.2) is 4.79 Å². The molecule has 0 heterocycles. The molecule has 21 heavy (non-hydrogen) atoms. The second kappa shape index (κ2) is 9.50. The number of carbonyl (C=O) groups is 1. The number of methoxy groups -OCH3 is 1. The number of hydrogen-bond donors (Lipinski definition) is 0. The van der Waals surface area contributed by atoms with Gasteiger partial charge in [-0.15, -0.1) is 0 Å². The molecular formula is C16H24O5. The largest absolute Gasteiger partial charge is 0.464 e. The first kappa shape index (κ1) is 17.6. The predicted octanol–water partition coefficient (Wildman–Crippen LogP) is 2.54. The van der Waals surface area contributed by atoms with Crippen molar-refractivity contribution in [2.24, 2.45) is 0 Å². The topological polar surface area (TPSA) is 54.0 Å². The van der Waals surface area contributed by atoms with E-state index in [0.29, 0.717) is 19.6 Å². The van der Waals surface area contributed by atoms with Gasteiger partial charge in [-0.05, 0) is 18.9 Å². The third-order valence-electron chi connectivity index (χ3n) is 3.12. The highest BCUT2D eigenvalue weighted by molar-refractivity contribution is 5.79. The van der Waals surface area contributed by atoms with E-state index in [0.717, 1.165) is 5.56 Å². The van der Waals surface area contributed by atoms with E-state index in [1.165, 1.54) is 7.11 Å². The minimum absolute atomic E-state index is 0.0152. The summed E-state index contributed by atoms with van der Waals surface area (Å²) in [4.78, 5) is 12.2. The Balaban J connectivity index is 2.64. The zero-order chi connectivity index (χ0) is 15.6. The average Bonchev–Trinajstić information content (AvgIpc) is 2.52. The summed E-state index contributed by atoms with van der Waals surface area (Å²) < 4.78 is 21.2. The van der Waals surface area contributed by atoms with Crippen LogP contribution in [-0.2, 0) is 30.3 Å². The summed E-state index contributed by atoms with van der Waals surface area (Å²) in [6, 6.07) is 9.76. The first-order chi connectivity index (χ1) is 10.2. The molecule has 0 spiro atoms. The van der Waals surface area contributed by atoms with Crippen molar-refractivity contribution in [2.45, 2.75) is 32.5 Å². The minimum Gasteiger partial charge on any atom is -0.464 e. The van der Waals surface area contributed by atoms with E-state index < -0.39 is 11.6 Å². The maximum absolute atomic E-state index is 12.2. The van der Waals surface area contributed by atoms with Crippen LogP contribution in [0.3, 0.4) is 0 Å². The van der Waals surface area contributed by atoms with E-state index in [-0.39, 0.29) is 13.4 Å². The molecule has 5 heteroatoms. The molecule has 0 aliphatic rings. The molecule has 0 aliphatic carbocycles. The highest BCUT2D eigenvalue weighted by Gasteiger charge is 2.40. The number of rotatable bonds is 10. The molecule has 0 aliphatic heterocycles. The normalized spacial score (nSPS) is 13.7. The Morgan fingerprint density at radius 1 is 1.19 bits per heavy atom. The molecule has 0 N–H and O–H groups in total. The molecule has 0 aromatic heterocycles. The van der Waals surface area contributed by atoms with Crippen LogP contribution in [0.4, 0.5) is 0 Å². The van der Waals surface area contributed by atoms with Crippen LogP contribution in [0.2, 0.25) is 0 Å². The lowest BCUT2D eigenvalue weighted by molar-refractivity contribution is -0.200. The Labute approximate surface area is 126 Å². The van der Waals surface area contributed by atoms with Gasteiger partial charge >= 0.3 is 5.97 Å². The lowest BCUT2D eigenvalue weighted by atomic mass is 10.0. The fraction of sp³-hybridized carbons (Fsp3) is 0.562. The molecule has 1 rings (SSSR count). The van der Waals surface area contributed by atoms with Gasteiger partial charge in [-0.3, -0.25) is 0 Å². The first-order valence-electron chi connectivity index (χ1n) is 7.10. The van der Waals surface area contributed by atoms with Gasteiger partial charge in [0.15, 0.2) is 5.60 Å². The molecule has 0 bridgehead atoms. The Kier molecular flexibility index (Phi) is 7.97. The quantitative estimate of drug-likeness (QED) is 0.490. The van der Waals surface area contributed by atoms with Gasteiger partial charge in [-0.2, -0.15) is 0 Å². The van der Waals surface area contributed by atoms with Crippen LogP contribution in [-0.4, -0.2) is 38.7 Å². The SMILES string of the molecule is CCOC(=O)[C@](CC)(COCc1ccccc1)OCOC. The number of ether oxygens (including phenoxy) is 4. The van der Waals surface area contributed by atoms with Gasteiger partial charge in [0.2, 0.25) is 0 Å². The van der Waals surface area contributed by atoms with Crippen molar-refractivity contribution in [3.8, 4) is 0 Å². The fourth-order valence-electron chi connectivity index (χ4n) is 1.85. The number of esters is 1. The molecule has 5 nitrogen and oxygen atoms in total. The van der Waals surface area contributed by atoms with Crippen LogP contribution in [0.1, 0.15) is 25.8 Å². The maximum atomic E-state index is 12.2. The highest BCUT2D eigenvalue weighted by atomic mass is 16.7. The molecule has 0 amide bonds. The third kappa shape index (κ3) is 5.46. The standard InChI is InChI=1S/C16H24O5/c1-4-16(21-13-18-3,15(17)20-5-2)12-19-11-14-9-7-6-8-10-14/h6-10H,4-5,11-13H2,1-3H3/t16-/m0/s1. The van der Waals surface area contributed by atoms with Gasteiger partial charge in [-0.1, -0.05) is 37.3 Å². The Hall–Kier alpha value is -1.43. The van der Waals surface area contributed by atoms with Gasteiger partial charge in [0, 0.05) is 7.11 Å². The molecule has 0 fully saturated rings. The van der Waals surface area contributed by atoms with Crippen molar-refractivity contribution in [1.82, 2.24) is 0 Å². The molecule has 1 aromatic rings. The summed E-state index contributed by atoms with van der Waals surface area (Å²) >= 11 is 0. The molecule has 1 atom stereocenters. The monoisotopic (exact) mass is 296 g/mol. The molecule has 118 valence electrons. The zero-order valence-corrected chi connectivity index (χ0v) is 13.0. The second-order valence-electron chi connectivity index (χ2n) is 4.60. The first-order valence-corrected chi connectivity index (χ1v) is 7.10. The van der Waals surface area contributed by atoms with Crippen LogP contribution < -0.4 is 0 Å². The molecule has 0 radical (unpaired) electrons. The summed E-state index contributed by atoms with van der Waals surface area (Å²) in [5.74, 6) is -0.419. The average molecular weight is 296 g/mol. The van der Waals surface area contributed by atoms with Gasteiger partial charge in [0.05, 0.1) is 19.8 Å². The number of carbonyl (C=O) groups excluding carboxylic acids is 1. The zero-order valence-electron chi connectivity index (χ0n) is 13.0.